The van der Waals surface area contributed by atoms with Crippen LogP contribution in [-0.2, 0) is 19.0 Å². The second-order valence-corrected chi connectivity index (χ2v) is 11.7. The highest BCUT2D eigenvalue weighted by Gasteiger charge is 2.32. The average Bonchev–Trinajstić information content (AvgIpc) is 3.01. The Hall–Kier alpha value is -2.97. The van der Waals surface area contributed by atoms with E-state index in [2.05, 4.69) is 33.9 Å². The normalized spacial score (nSPS) is 21.5. The number of hydrogen-bond acceptors (Lipinski definition) is 10. The second kappa shape index (κ2) is 15.5. The summed E-state index contributed by atoms with van der Waals surface area (Å²) in [5, 5.41) is 20.9. The Morgan fingerprint density at radius 3 is 2.64 bits per heavy atom. The first-order valence-corrected chi connectivity index (χ1v) is 15.4. The smallest absolute Gasteiger partial charge is 0.334 e. The predicted octanol–water partition coefficient (Wildman–Crippen LogP) is 5.20. The van der Waals surface area contributed by atoms with Crippen molar-refractivity contribution in [1.82, 2.24) is 15.3 Å². The number of halogens is 1. The maximum absolute atomic E-state index is 11.8. The number of anilines is 2. The van der Waals surface area contributed by atoms with Crippen LogP contribution < -0.4 is 16.0 Å². The molecule has 2 aliphatic rings. The molecule has 3 heterocycles. The number of rotatable bonds is 13. The molecule has 0 unspecified atom stereocenters. The van der Waals surface area contributed by atoms with Gasteiger partial charge in [-0.2, -0.15) is 5.26 Å². The van der Waals surface area contributed by atoms with Crippen molar-refractivity contribution in [3.63, 3.8) is 0 Å². The lowest BCUT2D eigenvalue weighted by Gasteiger charge is -2.32. The van der Waals surface area contributed by atoms with Crippen molar-refractivity contribution < 1.29 is 19.0 Å². The molecule has 1 aliphatic carbocycles. The zero-order valence-electron chi connectivity index (χ0n) is 24.8. The minimum atomic E-state index is -0.562. The molecular weight excluding hydrogens is 556 g/mol. The van der Waals surface area contributed by atoms with Gasteiger partial charge in [0.15, 0.2) is 6.10 Å². The third-order valence-corrected chi connectivity index (χ3v) is 8.29. The minimum Gasteiger partial charge on any atom is -0.464 e. The van der Waals surface area contributed by atoms with Gasteiger partial charge in [-0.05, 0) is 77.5 Å². The standard InChI is InChI=1S/C31H43ClN6O4/c1-4-41-30(39)22(3)42-18-21(2)36-23-8-10-24(11-9-23)37-29-16-25(26(32)17-34-29)27-6-5-7-28(38-27)35-20-31(19-33)12-14-40-15-13-31/h5-7,16-17,21-24,36H,4,8-15,18,20H2,1-3H3,(H,34,37)(H,35,38)/t21-,22-,23-,24-/m1/s1. The van der Waals surface area contributed by atoms with Crippen LogP contribution in [0.15, 0.2) is 30.5 Å². The van der Waals surface area contributed by atoms with Crippen LogP contribution in [0.2, 0.25) is 5.02 Å². The van der Waals surface area contributed by atoms with Gasteiger partial charge >= 0.3 is 5.97 Å². The number of esters is 1. The van der Waals surface area contributed by atoms with E-state index in [1.165, 1.54) is 0 Å². The van der Waals surface area contributed by atoms with Crippen LogP contribution in [0.5, 0.6) is 0 Å². The fourth-order valence-corrected chi connectivity index (χ4v) is 5.63. The Labute approximate surface area is 253 Å². The summed E-state index contributed by atoms with van der Waals surface area (Å²) in [7, 11) is 0. The highest BCUT2D eigenvalue weighted by molar-refractivity contribution is 6.33. The van der Waals surface area contributed by atoms with Gasteiger partial charge < -0.3 is 30.2 Å². The van der Waals surface area contributed by atoms with E-state index in [0.717, 1.165) is 42.8 Å². The molecular formula is C31H43ClN6O4. The van der Waals surface area contributed by atoms with Crippen LogP contribution in [0.1, 0.15) is 59.3 Å². The summed E-state index contributed by atoms with van der Waals surface area (Å²) in [5.41, 5.74) is 1.11. The van der Waals surface area contributed by atoms with Crippen LogP contribution >= 0.6 is 11.6 Å². The van der Waals surface area contributed by atoms with Gasteiger partial charge in [0.1, 0.15) is 11.6 Å². The second-order valence-electron chi connectivity index (χ2n) is 11.3. The lowest BCUT2D eigenvalue weighted by atomic mass is 9.82. The molecule has 0 bridgehead atoms. The van der Waals surface area contributed by atoms with Gasteiger partial charge in [0.2, 0.25) is 0 Å². The fourth-order valence-electron chi connectivity index (χ4n) is 5.43. The molecule has 0 aromatic carbocycles. The van der Waals surface area contributed by atoms with E-state index in [1.54, 1.807) is 20.0 Å². The molecule has 2 aromatic rings. The first-order chi connectivity index (χ1) is 20.3. The number of carbonyl (C=O) groups excluding carboxylic acids is 1. The van der Waals surface area contributed by atoms with Gasteiger partial charge in [0.05, 0.1) is 35.4 Å². The molecule has 2 atom stereocenters. The number of carbonyl (C=O) groups is 1. The van der Waals surface area contributed by atoms with Crippen LogP contribution in [-0.4, -0.2) is 73.1 Å². The number of nitrogens with one attached hydrogen (secondary N) is 3. The van der Waals surface area contributed by atoms with E-state index >= 15 is 0 Å². The van der Waals surface area contributed by atoms with Crippen molar-refractivity contribution in [3.8, 4) is 17.3 Å². The topological polar surface area (TPSA) is 130 Å². The minimum absolute atomic E-state index is 0.136. The van der Waals surface area contributed by atoms with Gasteiger partial charge in [-0.3, -0.25) is 0 Å². The quantitative estimate of drug-likeness (QED) is 0.264. The molecule has 4 rings (SSSR count). The molecule has 1 saturated heterocycles. The van der Waals surface area contributed by atoms with E-state index in [9.17, 15) is 10.1 Å². The molecule has 11 heteroatoms. The molecule has 228 valence electrons. The van der Waals surface area contributed by atoms with Crippen molar-refractivity contribution in [3.05, 3.63) is 35.5 Å². The van der Waals surface area contributed by atoms with Crippen molar-refractivity contribution in [2.45, 2.75) is 83.5 Å². The molecule has 0 spiro atoms. The maximum atomic E-state index is 11.8. The molecule has 0 radical (unpaired) electrons. The molecule has 0 amide bonds. The van der Waals surface area contributed by atoms with Crippen LogP contribution in [0.4, 0.5) is 11.6 Å². The van der Waals surface area contributed by atoms with Crippen molar-refractivity contribution in [2.24, 2.45) is 5.41 Å². The van der Waals surface area contributed by atoms with Crippen molar-refractivity contribution in [1.29, 1.82) is 5.26 Å². The summed E-state index contributed by atoms with van der Waals surface area (Å²) in [6.07, 6.45) is 6.60. The van der Waals surface area contributed by atoms with Gasteiger partial charge in [0, 0.05) is 49.6 Å². The first kappa shape index (κ1) is 32.0. The number of ether oxygens (including phenoxy) is 3. The molecule has 2 aromatic heterocycles. The van der Waals surface area contributed by atoms with Crippen LogP contribution in [0.25, 0.3) is 11.3 Å². The SMILES string of the molecule is CCOC(=O)[C@@H](C)OC[C@@H](C)N[C@H]1CC[C@H](Nc2cc(-c3cccc(NCC4(C#N)CCOCC4)n3)c(Cl)cn2)CC1. The Bertz CT molecular complexity index is 1210. The number of pyridine rings is 2. The fraction of sp³-hybridized carbons (Fsp3) is 0.613. The van der Waals surface area contributed by atoms with E-state index in [4.69, 9.17) is 30.8 Å². The zero-order valence-corrected chi connectivity index (χ0v) is 25.6. The van der Waals surface area contributed by atoms with Gasteiger partial charge in [-0.1, -0.05) is 17.7 Å². The molecule has 10 nitrogen and oxygen atoms in total. The van der Waals surface area contributed by atoms with E-state index in [1.807, 2.05) is 24.3 Å². The van der Waals surface area contributed by atoms with Gasteiger partial charge in [-0.25, -0.2) is 14.8 Å². The van der Waals surface area contributed by atoms with E-state index in [-0.39, 0.29) is 12.0 Å². The third kappa shape index (κ3) is 9.01. The van der Waals surface area contributed by atoms with Crippen molar-refractivity contribution >= 4 is 29.2 Å². The van der Waals surface area contributed by atoms with Gasteiger partial charge in [-0.15, -0.1) is 0 Å². The summed E-state index contributed by atoms with van der Waals surface area (Å²) in [6.45, 7) is 8.13. The molecule has 3 N–H and O–H groups in total. The summed E-state index contributed by atoms with van der Waals surface area (Å²) in [5.74, 6) is 1.15. The lowest BCUT2D eigenvalue weighted by Crippen LogP contribution is -2.43. The zero-order chi connectivity index (χ0) is 30.0. The van der Waals surface area contributed by atoms with E-state index < -0.39 is 11.5 Å². The van der Waals surface area contributed by atoms with Crippen LogP contribution in [0, 0.1) is 16.7 Å². The Morgan fingerprint density at radius 2 is 1.93 bits per heavy atom. The molecule has 1 saturated carbocycles. The average molecular weight is 599 g/mol. The number of hydrogen-bond donors (Lipinski definition) is 3. The Morgan fingerprint density at radius 1 is 1.19 bits per heavy atom. The van der Waals surface area contributed by atoms with Gasteiger partial charge in [0.25, 0.3) is 0 Å². The van der Waals surface area contributed by atoms with E-state index in [0.29, 0.717) is 68.7 Å². The molecule has 42 heavy (non-hydrogen) atoms. The molecule has 2 fully saturated rings. The maximum Gasteiger partial charge on any atom is 0.334 e. The summed E-state index contributed by atoms with van der Waals surface area (Å²) >= 11 is 6.56. The monoisotopic (exact) mass is 598 g/mol. The number of nitriles is 1. The number of aromatic nitrogens is 2. The lowest BCUT2D eigenvalue weighted by molar-refractivity contribution is -0.155. The van der Waals surface area contributed by atoms with Crippen LogP contribution in [0.3, 0.4) is 0 Å². The predicted molar refractivity (Wildman–Crippen MR) is 163 cm³/mol. The Kier molecular flexibility index (Phi) is 11.8. The third-order valence-electron chi connectivity index (χ3n) is 7.99. The number of nitrogens with zero attached hydrogens (tertiary/aromatic N) is 3. The highest BCUT2D eigenvalue weighted by atomic mass is 35.5. The highest BCUT2D eigenvalue weighted by Crippen LogP contribution is 2.32. The largest absolute Gasteiger partial charge is 0.464 e. The Balaban J connectivity index is 1.28. The molecule has 1 aliphatic heterocycles. The van der Waals surface area contributed by atoms with Crippen molar-refractivity contribution in [2.75, 3.05) is 43.6 Å². The summed E-state index contributed by atoms with van der Waals surface area (Å²) in [6, 6.07) is 11.1. The summed E-state index contributed by atoms with van der Waals surface area (Å²) in [4.78, 5) is 21.1. The first-order valence-electron chi connectivity index (χ1n) is 15.0. The summed E-state index contributed by atoms with van der Waals surface area (Å²) < 4.78 is 16.1.